The Bertz CT molecular complexity index is 1450. The monoisotopic (exact) mass is 401 g/mol. The maximum absolute atomic E-state index is 14.4. The number of nitrogens with zero attached hydrogens (tertiary/aromatic N) is 2. The number of pyridine rings is 2. The van der Waals surface area contributed by atoms with Crippen LogP contribution in [0.3, 0.4) is 0 Å². The molecule has 3 aromatic heterocycles. The average molecular weight is 401 g/mol. The van der Waals surface area contributed by atoms with E-state index in [-0.39, 0.29) is 5.56 Å². The standard InChI is InChI=1S/C25H19F2N2O/c1-14-7-9-18-19-10-8-15(2)28-25(19)30-24(18)22(14)21-13-16(11-12-29(21)3)17-5-4-6-20(26)23(17)27/h4-13H,1-3H3/q+1. The SMILES string of the molecule is Cc1ccc2c(n1)oc1c(-c3cc(-c4cccc(F)c4F)cc[n+]3C)c(C)ccc12. The van der Waals surface area contributed by atoms with Crippen molar-refractivity contribution in [1.82, 2.24) is 4.98 Å². The predicted molar refractivity (Wildman–Crippen MR) is 113 cm³/mol. The van der Waals surface area contributed by atoms with Gasteiger partial charge in [-0.25, -0.2) is 18.3 Å². The first-order valence-electron chi connectivity index (χ1n) is 9.68. The lowest BCUT2D eigenvalue weighted by atomic mass is 9.98. The summed E-state index contributed by atoms with van der Waals surface area (Å²) in [5, 5.41) is 1.92. The van der Waals surface area contributed by atoms with E-state index in [0.29, 0.717) is 11.3 Å². The first-order chi connectivity index (χ1) is 14.4. The lowest BCUT2D eigenvalue weighted by Crippen LogP contribution is -2.30. The summed E-state index contributed by atoms with van der Waals surface area (Å²) in [7, 11) is 1.92. The van der Waals surface area contributed by atoms with Crippen LogP contribution in [0.2, 0.25) is 0 Å². The first-order valence-corrected chi connectivity index (χ1v) is 9.68. The molecule has 0 amide bonds. The lowest BCUT2D eigenvalue weighted by Gasteiger charge is -2.08. The van der Waals surface area contributed by atoms with E-state index in [1.165, 1.54) is 6.07 Å². The maximum Gasteiger partial charge on any atom is 0.227 e. The molecule has 0 fully saturated rings. The van der Waals surface area contributed by atoms with Crippen LogP contribution in [0.4, 0.5) is 8.78 Å². The number of aromatic nitrogens is 2. The Balaban J connectivity index is 1.81. The molecule has 2 aromatic carbocycles. The molecule has 0 unspecified atom stereocenters. The fourth-order valence-electron chi connectivity index (χ4n) is 3.94. The van der Waals surface area contributed by atoms with Crippen LogP contribution in [0, 0.1) is 25.5 Å². The van der Waals surface area contributed by atoms with Crippen LogP contribution >= 0.6 is 0 Å². The highest BCUT2D eigenvalue weighted by Gasteiger charge is 2.22. The molecule has 0 aliphatic heterocycles. The van der Waals surface area contributed by atoms with Crippen molar-refractivity contribution in [3.05, 3.63) is 83.7 Å². The van der Waals surface area contributed by atoms with Gasteiger partial charge in [0.15, 0.2) is 23.4 Å². The van der Waals surface area contributed by atoms with Gasteiger partial charge in [-0.05, 0) is 43.2 Å². The molecule has 0 saturated heterocycles. The minimum atomic E-state index is -0.862. The summed E-state index contributed by atoms with van der Waals surface area (Å²) in [6, 6.07) is 15.9. The highest BCUT2D eigenvalue weighted by atomic mass is 19.2. The largest absolute Gasteiger partial charge is 0.437 e. The maximum atomic E-state index is 14.4. The van der Waals surface area contributed by atoms with Crippen LogP contribution in [0.1, 0.15) is 11.3 Å². The zero-order valence-corrected chi connectivity index (χ0v) is 16.8. The van der Waals surface area contributed by atoms with Crippen molar-refractivity contribution in [2.45, 2.75) is 13.8 Å². The molecule has 0 bridgehead atoms. The van der Waals surface area contributed by atoms with Gasteiger partial charge in [-0.15, -0.1) is 0 Å². The topological polar surface area (TPSA) is 29.9 Å². The molecule has 0 aliphatic rings. The molecular weight excluding hydrogens is 382 g/mol. The van der Waals surface area contributed by atoms with Crippen LogP contribution in [0.25, 0.3) is 44.5 Å². The number of rotatable bonds is 2. The Kier molecular flexibility index (Phi) is 4.13. The zero-order valence-electron chi connectivity index (χ0n) is 16.8. The Morgan fingerprint density at radius 1 is 0.933 bits per heavy atom. The first kappa shape index (κ1) is 18.4. The smallest absolute Gasteiger partial charge is 0.227 e. The van der Waals surface area contributed by atoms with Gasteiger partial charge in [0, 0.05) is 34.2 Å². The summed E-state index contributed by atoms with van der Waals surface area (Å²) >= 11 is 0. The Labute approximate surface area is 172 Å². The van der Waals surface area contributed by atoms with Gasteiger partial charge in [-0.3, -0.25) is 0 Å². The van der Waals surface area contributed by atoms with Gasteiger partial charge in [0.05, 0.1) is 5.56 Å². The number of fused-ring (bicyclic) bond motifs is 3. The van der Waals surface area contributed by atoms with Crippen molar-refractivity contribution in [2.75, 3.05) is 0 Å². The Hall–Kier alpha value is -3.60. The fourth-order valence-corrected chi connectivity index (χ4v) is 3.94. The summed E-state index contributed by atoms with van der Waals surface area (Å²) < 4.78 is 36.3. The minimum Gasteiger partial charge on any atom is -0.437 e. The van der Waals surface area contributed by atoms with Gasteiger partial charge in [0.25, 0.3) is 0 Å². The van der Waals surface area contributed by atoms with E-state index < -0.39 is 11.6 Å². The van der Waals surface area contributed by atoms with Crippen LogP contribution < -0.4 is 4.57 Å². The third kappa shape index (κ3) is 2.77. The third-order valence-electron chi connectivity index (χ3n) is 5.52. The van der Waals surface area contributed by atoms with E-state index in [1.807, 2.05) is 62.0 Å². The minimum absolute atomic E-state index is 0.226. The van der Waals surface area contributed by atoms with Crippen LogP contribution in [0.5, 0.6) is 0 Å². The molecule has 0 spiro atoms. The van der Waals surface area contributed by atoms with Crippen molar-refractivity contribution in [3.63, 3.8) is 0 Å². The highest BCUT2D eigenvalue weighted by Crippen LogP contribution is 2.37. The second kappa shape index (κ2) is 6.73. The van der Waals surface area contributed by atoms with E-state index in [9.17, 15) is 8.78 Å². The van der Waals surface area contributed by atoms with E-state index in [0.717, 1.165) is 44.9 Å². The molecule has 0 radical (unpaired) electrons. The molecule has 0 aliphatic carbocycles. The molecule has 0 atom stereocenters. The van der Waals surface area contributed by atoms with E-state index in [4.69, 9.17) is 4.42 Å². The molecule has 0 saturated carbocycles. The lowest BCUT2D eigenvalue weighted by molar-refractivity contribution is -0.660. The third-order valence-corrected chi connectivity index (χ3v) is 5.52. The Morgan fingerprint density at radius 3 is 2.57 bits per heavy atom. The van der Waals surface area contributed by atoms with Crippen molar-refractivity contribution < 1.29 is 17.8 Å². The number of aryl methyl sites for hydroxylation is 3. The number of hydrogen-bond acceptors (Lipinski definition) is 2. The van der Waals surface area contributed by atoms with Crippen molar-refractivity contribution in [2.24, 2.45) is 7.05 Å². The van der Waals surface area contributed by atoms with Crippen molar-refractivity contribution in [1.29, 1.82) is 0 Å². The molecule has 5 aromatic rings. The molecule has 5 rings (SSSR count). The van der Waals surface area contributed by atoms with E-state index in [2.05, 4.69) is 4.98 Å². The number of furan rings is 1. The molecule has 30 heavy (non-hydrogen) atoms. The van der Waals surface area contributed by atoms with Crippen LogP contribution in [-0.4, -0.2) is 4.98 Å². The molecule has 3 heterocycles. The van der Waals surface area contributed by atoms with E-state index >= 15 is 0 Å². The summed E-state index contributed by atoms with van der Waals surface area (Å²) in [6.45, 7) is 3.94. The normalized spacial score (nSPS) is 11.5. The summed E-state index contributed by atoms with van der Waals surface area (Å²) in [5.41, 5.74) is 5.80. The Morgan fingerprint density at radius 2 is 1.73 bits per heavy atom. The van der Waals surface area contributed by atoms with Gasteiger partial charge < -0.3 is 4.42 Å². The van der Waals surface area contributed by atoms with Crippen molar-refractivity contribution in [3.8, 4) is 22.4 Å². The second-order valence-corrected chi connectivity index (χ2v) is 7.55. The van der Waals surface area contributed by atoms with Gasteiger partial charge in [-0.1, -0.05) is 24.3 Å². The summed E-state index contributed by atoms with van der Waals surface area (Å²) in [4.78, 5) is 4.52. The quantitative estimate of drug-likeness (QED) is 0.338. The fraction of sp³-hybridized carbons (Fsp3) is 0.120. The van der Waals surface area contributed by atoms with Gasteiger partial charge >= 0.3 is 0 Å². The highest BCUT2D eigenvalue weighted by molar-refractivity contribution is 6.08. The van der Waals surface area contributed by atoms with Gasteiger partial charge in [0.2, 0.25) is 11.4 Å². The van der Waals surface area contributed by atoms with Crippen LogP contribution in [-0.2, 0) is 7.05 Å². The van der Waals surface area contributed by atoms with Crippen LogP contribution in [0.15, 0.2) is 65.2 Å². The summed E-state index contributed by atoms with van der Waals surface area (Å²) in [5.74, 6) is -1.71. The number of hydrogen-bond donors (Lipinski definition) is 0. The number of halogens is 2. The van der Waals surface area contributed by atoms with Crippen molar-refractivity contribution >= 4 is 22.1 Å². The molecule has 3 nitrogen and oxygen atoms in total. The second-order valence-electron chi connectivity index (χ2n) is 7.55. The van der Waals surface area contributed by atoms with E-state index in [1.54, 1.807) is 12.1 Å². The molecule has 5 heteroatoms. The number of benzene rings is 2. The average Bonchev–Trinajstić information content (AvgIpc) is 3.08. The summed E-state index contributed by atoms with van der Waals surface area (Å²) in [6.07, 6.45) is 1.85. The molecule has 0 N–H and O–H groups in total. The van der Waals surface area contributed by atoms with Gasteiger partial charge in [0.1, 0.15) is 7.05 Å². The molecule has 148 valence electrons. The van der Waals surface area contributed by atoms with Gasteiger partial charge in [-0.2, -0.15) is 0 Å². The molecular formula is C25H19F2N2O+. The zero-order chi connectivity index (χ0) is 21.0. The predicted octanol–water partition coefficient (Wildman–Crippen LogP) is 6.03.